The lowest BCUT2D eigenvalue weighted by molar-refractivity contribution is -0.125. The maximum atomic E-state index is 12.3. The second-order valence-corrected chi connectivity index (χ2v) is 5.46. The van der Waals surface area contributed by atoms with Crippen molar-refractivity contribution in [3.05, 3.63) is 23.8 Å². The fourth-order valence-corrected chi connectivity index (χ4v) is 2.56. The molecule has 1 aromatic carbocycles. The van der Waals surface area contributed by atoms with Crippen molar-refractivity contribution in [1.82, 2.24) is 0 Å². The molecule has 1 atom stereocenters. The first kappa shape index (κ1) is 15.8. The molecule has 2 rings (SSSR count). The van der Waals surface area contributed by atoms with Gasteiger partial charge in [0, 0.05) is 12.1 Å². The fourth-order valence-electron chi connectivity index (χ4n) is 2.41. The third-order valence-corrected chi connectivity index (χ3v) is 3.84. The van der Waals surface area contributed by atoms with Crippen molar-refractivity contribution in [1.29, 1.82) is 0 Å². The quantitative estimate of drug-likeness (QED) is 0.459. The van der Waals surface area contributed by atoms with E-state index < -0.39 is 6.10 Å². The fraction of sp³-hybridized carbons (Fsp3) is 0.500. The number of nitrogens with zero attached hydrogens (tertiary/aromatic N) is 1. The molecule has 0 aromatic heterocycles. The van der Waals surface area contributed by atoms with Crippen LogP contribution >= 0.6 is 11.6 Å². The first-order chi connectivity index (χ1) is 10.1. The maximum Gasteiger partial charge on any atom is 0.267 e. The van der Waals surface area contributed by atoms with E-state index in [2.05, 4.69) is 6.92 Å². The number of fused-ring (bicyclic) bond motifs is 1. The van der Waals surface area contributed by atoms with Crippen LogP contribution in [0.4, 0.5) is 5.69 Å². The Morgan fingerprint density at radius 1 is 1.38 bits per heavy atom. The zero-order valence-electron chi connectivity index (χ0n) is 12.4. The van der Waals surface area contributed by atoms with Gasteiger partial charge in [0.25, 0.3) is 5.91 Å². The summed E-state index contributed by atoms with van der Waals surface area (Å²) in [6.45, 7) is 4.51. The second kappa shape index (κ2) is 6.94. The molecule has 0 bridgehead atoms. The van der Waals surface area contributed by atoms with Crippen LogP contribution in [0.25, 0.3) is 0 Å². The average molecular weight is 310 g/mol. The molecular formula is C16H20ClNO3. The Balaban J connectivity index is 2.33. The first-order valence-corrected chi connectivity index (χ1v) is 7.83. The van der Waals surface area contributed by atoms with Gasteiger partial charge in [-0.3, -0.25) is 9.59 Å². The minimum atomic E-state index is -0.492. The first-order valence-electron chi connectivity index (χ1n) is 7.29. The summed E-state index contributed by atoms with van der Waals surface area (Å²) in [5.41, 5.74) is 1.18. The van der Waals surface area contributed by atoms with Crippen molar-refractivity contribution in [2.24, 2.45) is 0 Å². The summed E-state index contributed by atoms with van der Waals surface area (Å²) < 4.78 is 5.61. The van der Waals surface area contributed by atoms with Gasteiger partial charge >= 0.3 is 0 Å². The van der Waals surface area contributed by atoms with Crippen LogP contribution in [0.5, 0.6) is 5.75 Å². The molecule has 4 nitrogen and oxygen atoms in total. The number of unbranched alkanes of at least 4 members (excludes halogenated alkanes) is 2. The molecule has 1 amide bonds. The standard InChI is InChI=1S/C16H20ClNO3/c1-3-4-5-8-18-13-9-12(14(19)10-17)6-7-15(13)21-11(2)16(18)20/h6-7,9,11H,3-5,8,10H2,1-2H3. The molecule has 1 aliphatic heterocycles. The topological polar surface area (TPSA) is 46.6 Å². The number of alkyl halides is 1. The highest BCUT2D eigenvalue weighted by atomic mass is 35.5. The number of carbonyl (C=O) groups is 2. The second-order valence-electron chi connectivity index (χ2n) is 5.20. The number of benzene rings is 1. The van der Waals surface area contributed by atoms with Gasteiger partial charge < -0.3 is 9.64 Å². The zero-order chi connectivity index (χ0) is 15.4. The van der Waals surface area contributed by atoms with Crippen molar-refractivity contribution in [2.45, 2.75) is 39.2 Å². The Morgan fingerprint density at radius 2 is 2.14 bits per heavy atom. The molecule has 0 spiro atoms. The predicted octanol–water partition coefficient (Wildman–Crippen LogP) is 3.41. The molecule has 0 aliphatic carbocycles. The molecule has 0 saturated heterocycles. The van der Waals surface area contributed by atoms with Crippen molar-refractivity contribution in [2.75, 3.05) is 17.3 Å². The normalized spacial score (nSPS) is 17.4. The lowest BCUT2D eigenvalue weighted by Crippen LogP contribution is -2.45. The van der Waals surface area contributed by atoms with Crippen LogP contribution in [0.2, 0.25) is 0 Å². The summed E-state index contributed by atoms with van der Waals surface area (Å²) in [6, 6.07) is 5.14. The Hall–Kier alpha value is -1.55. The van der Waals surface area contributed by atoms with E-state index in [-0.39, 0.29) is 17.6 Å². The number of anilines is 1. The minimum Gasteiger partial charge on any atom is -0.479 e. The molecule has 1 aliphatic rings. The monoisotopic (exact) mass is 309 g/mol. The number of carbonyl (C=O) groups excluding carboxylic acids is 2. The lowest BCUT2D eigenvalue weighted by Gasteiger charge is -2.33. The number of halogens is 1. The Labute approximate surface area is 130 Å². The molecular weight excluding hydrogens is 290 g/mol. The van der Waals surface area contributed by atoms with Gasteiger partial charge in [0.2, 0.25) is 0 Å². The van der Waals surface area contributed by atoms with Gasteiger partial charge in [-0.05, 0) is 31.5 Å². The third-order valence-electron chi connectivity index (χ3n) is 3.60. The van der Waals surface area contributed by atoms with Crippen LogP contribution in [0.3, 0.4) is 0 Å². The number of rotatable bonds is 6. The van der Waals surface area contributed by atoms with E-state index in [0.717, 1.165) is 19.3 Å². The molecule has 114 valence electrons. The summed E-state index contributed by atoms with van der Waals surface area (Å²) in [5.74, 6) is 0.359. The van der Waals surface area contributed by atoms with Crippen molar-refractivity contribution >= 4 is 29.0 Å². The number of amides is 1. The van der Waals surface area contributed by atoms with E-state index in [9.17, 15) is 9.59 Å². The number of Topliss-reactive ketones (excluding diaryl/α,β-unsaturated/α-hetero) is 1. The van der Waals surface area contributed by atoms with Gasteiger partial charge in [0.05, 0.1) is 11.6 Å². The van der Waals surface area contributed by atoms with Crippen LogP contribution in [-0.2, 0) is 4.79 Å². The highest BCUT2D eigenvalue weighted by molar-refractivity contribution is 6.30. The molecule has 1 heterocycles. The molecule has 0 N–H and O–H groups in total. The smallest absolute Gasteiger partial charge is 0.267 e. The number of ether oxygens (including phenoxy) is 1. The number of hydrogen-bond acceptors (Lipinski definition) is 3. The van der Waals surface area contributed by atoms with Crippen LogP contribution in [0, 0.1) is 0 Å². The Morgan fingerprint density at radius 3 is 2.81 bits per heavy atom. The van der Waals surface area contributed by atoms with Gasteiger partial charge in [0.15, 0.2) is 11.9 Å². The summed E-state index contributed by atoms with van der Waals surface area (Å²) >= 11 is 5.60. The van der Waals surface area contributed by atoms with E-state index in [1.54, 1.807) is 30.0 Å². The van der Waals surface area contributed by atoms with Crippen LogP contribution < -0.4 is 9.64 Å². The molecule has 1 unspecified atom stereocenters. The summed E-state index contributed by atoms with van der Waals surface area (Å²) in [5, 5.41) is 0. The van der Waals surface area contributed by atoms with E-state index in [4.69, 9.17) is 16.3 Å². The summed E-state index contributed by atoms with van der Waals surface area (Å²) in [7, 11) is 0. The van der Waals surface area contributed by atoms with Crippen LogP contribution in [0.15, 0.2) is 18.2 Å². The minimum absolute atomic E-state index is 0.0610. The van der Waals surface area contributed by atoms with E-state index >= 15 is 0 Å². The van der Waals surface area contributed by atoms with Gasteiger partial charge in [-0.15, -0.1) is 11.6 Å². The molecule has 21 heavy (non-hydrogen) atoms. The van der Waals surface area contributed by atoms with Crippen molar-refractivity contribution in [3.63, 3.8) is 0 Å². The highest BCUT2D eigenvalue weighted by Gasteiger charge is 2.31. The van der Waals surface area contributed by atoms with E-state index in [1.807, 2.05) is 0 Å². The molecule has 1 aromatic rings. The molecule has 5 heteroatoms. The lowest BCUT2D eigenvalue weighted by atomic mass is 10.1. The average Bonchev–Trinajstić information content (AvgIpc) is 2.50. The molecule has 0 saturated carbocycles. The molecule has 0 radical (unpaired) electrons. The van der Waals surface area contributed by atoms with Crippen LogP contribution in [0.1, 0.15) is 43.5 Å². The zero-order valence-corrected chi connectivity index (χ0v) is 13.2. The van der Waals surface area contributed by atoms with E-state index in [0.29, 0.717) is 23.5 Å². The van der Waals surface area contributed by atoms with Crippen molar-refractivity contribution < 1.29 is 14.3 Å². The predicted molar refractivity (Wildman–Crippen MR) is 83.5 cm³/mol. The van der Waals surface area contributed by atoms with Gasteiger partial charge in [0.1, 0.15) is 5.75 Å². The SMILES string of the molecule is CCCCCN1C(=O)C(C)Oc2ccc(C(=O)CCl)cc21. The number of hydrogen-bond donors (Lipinski definition) is 0. The highest BCUT2D eigenvalue weighted by Crippen LogP contribution is 2.35. The Kier molecular flexibility index (Phi) is 5.23. The van der Waals surface area contributed by atoms with Gasteiger partial charge in [-0.2, -0.15) is 0 Å². The van der Waals surface area contributed by atoms with E-state index in [1.165, 1.54) is 0 Å². The Bertz CT molecular complexity index is 544. The summed E-state index contributed by atoms with van der Waals surface area (Å²) in [6.07, 6.45) is 2.59. The van der Waals surface area contributed by atoms with Gasteiger partial charge in [-0.25, -0.2) is 0 Å². The third kappa shape index (κ3) is 3.38. The largest absolute Gasteiger partial charge is 0.479 e. The van der Waals surface area contributed by atoms with Gasteiger partial charge in [-0.1, -0.05) is 19.8 Å². The summed E-state index contributed by atoms with van der Waals surface area (Å²) in [4.78, 5) is 25.8. The van der Waals surface area contributed by atoms with Crippen LogP contribution in [-0.4, -0.2) is 30.2 Å². The number of ketones is 1. The van der Waals surface area contributed by atoms with Crippen molar-refractivity contribution in [3.8, 4) is 5.75 Å². The molecule has 0 fully saturated rings. The maximum absolute atomic E-state index is 12.3.